The smallest absolute Gasteiger partial charge is 0.0499 e. The molecule has 1 N–H and O–H groups in total. The number of halogens is 2. The third-order valence-corrected chi connectivity index (χ3v) is 4.49. The Morgan fingerprint density at radius 2 is 2.00 bits per heavy atom. The molecule has 0 heterocycles. The summed E-state index contributed by atoms with van der Waals surface area (Å²) in [6.45, 7) is 3.15. The minimum Gasteiger partial charge on any atom is -0.310 e. The van der Waals surface area contributed by atoms with Crippen LogP contribution in [0.3, 0.4) is 0 Å². The Bertz CT molecular complexity index is 637. The van der Waals surface area contributed by atoms with Crippen molar-refractivity contribution in [3.8, 4) is 11.1 Å². The van der Waals surface area contributed by atoms with Crippen LogP contribution < -0.4 is 5.32 Å². The molecule has 1 nitrogen and oxygen atoms in total. The average molecular weight is 306 g/mol. The van der Waals surface area contributed by atoms with E-state index >= 15 is 0 Å². The van der Waals surface area contributed by atoms with E-state index in [1.165, 1.54) is 16.7 Å². The summed E-state index contributed by atoms with van der Waals surface area (Å²) < 4.78 is 0. The van der Waals surface area contributed by atoms with Gasteiger partial charge in [-0.25, -0.2) is 0 Å². The van der Waals surface area contributed by atoms with Crippen LogP contribution in [0.15, 0.2) is 36.4 Å². The van der Waals surface area contributed by atoms with Crippen molar-refractivity contribution in [3.05, 3.63) is 57.6 Å². The molecule has 0 spiro atoms. The molecule has 3 rings (SSSR count). The van der Waals surface area contributed by atoms with Crippen molar-refractivity contribution in [1.29, 1.82) is 0 Å². The Hall–Kier alpha value is -1.02. The lowest BCUT2D eigenvalue weighted by Gasteiger charge is -2.14. The monoisotopic (exact) mass is 305 g/mol. The molecule has 104 valence electrons. The molecule has 2 aromatic rings. The van der Waals surface area contributed by atoms with Crippen molar-refractivity contribution >= 4 is 23.2 Å². The largest absolute Gasteiger partial charge is 0.310 e. The number of fused-ring (bicyclic) bond motifs is 1. The minimum absolute atomic E-state index is 0.473. The Labute approximate surface area is 129 Å². The number of benzene rings is 2. The fraction of sp³-hybridized carbons (Fsp3) is 0.294. The molecule has 20 heavy (non-hydrogen) atoms. The minimum atomic E-state index is 0.473. The van der Waals surface area contributed by atoms with Crippen LogP contribution >= 0.6 is 23.2 Å². The molecule has 0 saturated carbocycles. The second-order valence-corrected chi connectivity index (χ2v) is 5.99. The molecule has 0 aromatic heterocycles. The Morgan fingerprint density at radius 3 is 2.75 bits per heavy atom. The summed E-state index contributed by atoms with van der Waals surface area (Å²) in [5.41, 5.74) is 5.15. The number of hydrogen-bond acceptors (Lipinski definition) is 1. The molecule has 0 aliphatic heterocycles. The highest BCUT2D eigenvalue weighted by Gasteiger charge is 2.24. The lowest BCUT2D eigenvalue weighted by molar-refractivity contribution is 0.549. The lowest BCUT2D eigenvalue weighted by atomic mass is 9.96. The second-order valence-electron chi connectivity index (χ2n) is 5.15. The van der Waals surface area contributed by atoms with E-state index < -0.39 is 0 Å². The highest BCUT2D eigenvalue weighted by atomic mass is 35.5. The van der Waals surface area contributed by atoms with E-state index in [0.29, 0.717) is 11.1 Å². The predicted octanol–water partition coefficient (Wildman–Crippen LogP) is 5.26. The van der Waals surface area contributed by atoms with Gasteiger partial charge in [0.25, 0.3) is 0 Å². The standard InChI is InChI=1S/C17H17Cl2N/c1-2-20-17-9-8-13-12(4-3-5-15(13)17)14-7-6-11(18)10-16(14)19/h3-7,10,17,20H,2,8-9H2,1H3. The van der Waals surface area contributed by atoms with Gasteiger partial charge in [0.05, 0.1) is 0 Å². The molecular formula is C17H17Cl2N. The molecule has 0 radical (unpaired) electrons. The van der Waals surface area contributed by atoms with Crippen molar-refractivity contribution in [1.82, 2.24) is 5.32 Å². The topological polar surface area (TPSA) is 12.0 Å². The van der Waals surface area contributed by atoms with Crippen LogP contribution in [0.25, 0.3) is 11.1 Å². The summed E-state index contributed by atoms with van der Waals surface area (Å²) in [5.74, 6) is 0. The first-order valence-electron chi connectivity index (χ1n) is 7.01. The van der Waals surface area contributed by atoms with Gasteiger partial charge < -0.3 is 5.32 Å². The fourth-order valence-electron chi connectivity index (χ4n) is 3.07. The molecule has 0 bridgehead atoms. The molecule has 1 aliphatic rings. The third kappa shape index (κ3) is 2.46. The van der Waals surface area contributed by atoms with Crippen molar-refractivity contribution in [2.75, 3.05) is 6.54 Å². The summed E-state index contributed by atoms with van der Waals surface area (Å²) in [6, 6.07) is 12.7. The second kappa shape index (κ2) is 5.77. The molecule has 0 saturated heterocycles. The van der Waals surface area contributed by atoms with Crippen LogP contribution in [0.4, 0.5) is 0 Å². The van der Waals surface area contributed by atoms with Crippen LogP contribution in [0.1, 0.15) is 30.5 Å². The van der Waals surface area contributed by atoms with Gasteiger partial charge in [0.15, 0.2) is 0 Å². The molecule has 0 amide bonds. The maximum Gasteiger partial charge on any atom is 0.0499 e. The molecule has 1 unspecified atom stereocenters. The molecular weight excluding hydrogens is 289 g/mol. The zero-order valence-corrected chi connectivity index (χ0v) is 12.9. The van der Waals surface area contributed by atoms with E-state index in [2.05, 4.69) is 30.4 Å². The SMILES string of the molecule is CCNC1CCc2c(-c3ccc(Cl)cc3Cl)cccc21. The highest BCUT2D eigenvalue weighted by molar-refractivity contribution is 6.36. The highest BCUT2D eigenvalue weighted by Crippen LogP contribution is 2.40. The van der Waals surface area contributed by atoms with E-state index in [1.54, 1.807) is 0 Å². The van der Waals surface area contributed by atoms with Gasteiger partial charge in [-0.15, -0.1) is 0 Å². The van der Waals surface area contributed by atoms with E-state index in [0.717, 1.165) is 30.0 Å². The lowest BCUT2D eigenvalue weighted by Crippen LogP contribution is -2.18. The molecule has 2 aromatic carbocycles. The summed E-state index contributed by atoms with van der Waals surface area (Å²) in [5, 5.41) is 4.95. The predicted molar refractivity (Wildman–Crippen MR) is 86.6 cm³/mol. The normalized spacial score (nSPS) is 17.2. The Balaban J connectivity index is 2.08. The van der Waals surface area contributed by atoms with E-state index in [4.69, 9.17) is 23.2 Å². The fourth-order valence-corrected chi connectivity index (χ4v) is 3.58. The van der Waals surface area contributed by atoms with Gasteiger partial charge >= 0.3 is 0 Å². The number of nitrogens with one attached hydrogen (secondary N) is 1. The Kier molecular flexibility index (Phi) is 4.02. The van der Waals surface area contributed by atoms with Gasteiger partial charge in [-0.1, -0.05) is 54.4 Å². The van der Waals surface area contributed by atoms with E-state index in [9.17, 15) is 0 Å². The third-order valence-electron chi connectivity index (χ3n) is 3.94. The van der Waals surface area contributed by atoms with Crippen molar-refractivity contribution in [2.45, 2.75) is 25.8 Å². The van der Waals surface area contributed by atoms with Crippen LogP contribution in [-0.2, 0) is 6.42 Å². The zero-order chi connectivity index (χ0) is 14.1. The van der Waals surface area contributed by atoms with E-state index in [-0.39, 0.29) is 0 Å². The Morgan fingerprint density at radius 1 is 1.15 bits per heavy atom. The number of hydrogen-bond donors (Lipinski definition) is 1. The first-order chi connectivity index (χ1) is 9.70. The molecule has 0 fully saturated rings. The first-order valence-corrected chi connectivity index (χ1v) is 7.77. The van der Waals surface area contributed by atoms with Crippen LogP contribution in [-0.4, -0.2) is 6.54 Å². The maximum atomic E-state index is 6.36. The molecule has 1 aliphatic carbocycles. The van der Waals surface area contributed by atoms with E-state index in [1.807, 2.05) is 18.2 Å². The summed E-state index contributed by atoms with van der Waals surface area (Å²) in [4.78, 5) is 0. The van der Waals surface area contributed by atoms with Crippen molar-refractivity contribution in [2.24, 2.45) is 0 Å². The maximum absolute atomic E-state index is 6.36. The summed E-state index contributed by atoms with van der Waals surface area (Å²) in [6.07, 6.45) is 2.26. The average Bonchev–Trinajstić information content (AvgIpc) is 2.83. The van der Waals surface area contributed by atoms with Gasteiger partial charge in [0.1, 0.15) is 0 Å². The number of rotatable bonds is 3. The van der Waals surface area contributed by atoms with Crippen molar-refractivity contribution < 1.29 is 0 Å². The van der Waals surface area contributed by atoms with Crippen LogP contribution in [0, 0.1) is 0 Å². The van der Waals surface area contributed by atoms with Gasteiger partial charge in [-0.3, -0.25) is 0 Å². The van der Waals surface area contributed by atoms with Crippen LogP contribution in [0.5, 0.6) is 0 Å². The molecule has 1 atom stereocenters. The summed E-state index contributed by atoms with van der Waals surface area (Å²) >= 11 is 12.4. The molecule has 3 heteroatoms. The van der Waals surface area contributed by atoms with Gasteiger partial charge in [0.2, 0.25) is 0 Å². The van der Waals surface area contributed by atoms with Crippen LogP contribution in [0.2, 0.25) is 10.0 Å². The zero-order valence-electron chi connectivity index (χ0n) is 11.4. The first kappa shape index (κ1) is 13.9. The van der Waals surface area contributed by atoms with Gasteiger partial charge in [-0.05, 0) is 48.2 Å². The summed E-state index contributed by atoms with van der Waals surface area (Å²) in [7, 11) is 0. The van der Waals surface area contributed by atoms with Gasteiger partial charge in [0, 0.05) is 21.7 Å². The van der Waals surface area contributed by atoms with Gasteiger partial charge in [-0.2, -0.15) is 0 Å². The van der Waals surface area contributed by atoms with Crippen molar-refractivity contribution in [3.63, 3.8) is 0 Å². The quantitative estimate of drug-likeness (QED) is 0.816.